The first kappa shape index (κ1) is 30.9. The molecule has 0 spiro atoms. The zero-order valence-electron chi connectivity index (χ0n) is 24.8. The Labute approximate surface area is 244 Å². The van der Waals surface area contributed by atoms with Crippen LogP contribution in [0.3, 0.4) is 0 Å². The molecular weight excluding hydrogens is 547 g/mol. The van der Waals surface area contributed by atoms with E-state index in [0.29, 0.717) is 5.75 Å². The Morgan fingerprint density at radius 2 is 1.88 bits per heavy atom. The van der Waals surface area contributed by atoms with Crippen LogP contribution in [0.15, 0.2) is 23.7 Å². The standard InChI is InChI=1S/C30H41FN4O5S/c1-16(2)24(34-28(39)30(31)10-11-30)27(38)35-14-20(36)13-22(35)26(37)33-17(3)21-9-8-19(25-18(4)32-15-41-25)12-23(21)40-29(5,6)7/h8-9,12,15-17,20,22,24,36H,10-11,13-14H2,1-7H3,(H,33,37)(H,34,39)/t17-,20+,22-,24-/m0/s1. The lowest BCUT2D eigenvalue weighted by atomic mass is 10.0. The minimum Gasteiger partial charge on any atom is -0.488 e. The van der Waals surface area contributed by atoms with Crippen LogP contribution in [0.2, 0.25) is 0 Å². The van der Waals surface area contributed by atoms with Crippen LogP contribution in [0.1, 0.15) is 78.1 Å². The number of carbonyl (C=O) groups is 3. The van der Waals surface area contributed by atoms with Crippen LogP contribution in [-0.2, 0) is 14.4 Å². The molecule has 2 aliphatic rings. The Morgan fingerprint density at radius 1 is 1.20 bits per heavy atom. The van der Waals surface area contributed by atoms with Crippen molar-refractivity contribution < 1.29 is 28.6 Å². The number of hydrogen-bond acceptors (Lipinski definition) is 7. The Hall–Kier alpha value is -3.05. The molecule has 1 aromatic carbocycles. The van der Waals surface area contributed by atoms with E-state index >= 15 is 0 Å². The Bertz CT molecular complexity index is 1300. The molecule has 11 heteroatoms. The summed E-state index contributed by atoms with van der Waals surface area (Å²) in [6.45, 7) is 13.1. The maximum Gasteiger partial charge on any atom is 0.258 e. The van der Waals surface area contributed by atoms with Gasteiger partial charge in [0.15, 0.2) is 5.67 Å². The van der Waals surface area contributed by atoms with Crippen molar-refractivity contribution in [2.24, 2.45) is 5.92 Å². The average molecular weight is 589 g/mol. The SMILES string of the molecule is Cc1ncsc1-c1ccc([C@H](C)NC(=O)[C@@H]2C[C@@H](O)CN2C(=O)[C@@H](NC(=O)C2(F)CC2)C(C)C)c(OC(C)(C)C)c1. The van der Waals surface area contributed by atoms with Crippen LogP contribution in [0, 0.1) is 12.8 Å². The van der Waals surface area contributed by atoms with E-state index in [1.165, 1.54) is 4.90 Å². The fourth-order valence-corrected chi connectivity index (χ4v) is 5.83. The highest BCUT2D eigenvalue weighted by Crippen LogP contribution is 2.40. The van der Waals surface area contributed by atoms with Gasteiger partial charge in [0.05, 0.1) is 28.2 Å². The highest BCUT2D eigenvalue weighted by atomic mass is 32.1. The van der Waals surface area contributed by atoms with Crippen LogP contribution in [-0.4, -0.2) is 68.7 Å². The summed E-state index contributed by atoms with van der Waals surface area (Å²) >= 11 is 1.54. The molecule has 1 aromatic heterocycles. The van der Waals surface area contributed by atoms with E-state index < -0.39 is 53.2 Å². The van der Waals surface area contributed by atoms with Crippen molar-refractivity contribution in [1.82, 2.24) is 20.5 Å². The van der Waals surface area contributed by atoms with Gasteiger partial charge in [-0.1, -0.05) is 26.0 Å². The molecule has 0 bridgehead atoms. The minimum atomic E-state index is -1.93. The number of thiazole rings is 1. The lowest BCUT2D eigenvalue weighted by molar-refractivity contribution is -0.143. The highest BCUT2D eigenvalue weighted by molar-refractivity contribution is 7.13. The largest absolute Gasteiger partial charge is 0.488 e. The van der Waals surface area contributed by atoms with Gasteiger partial charge >= 0.3 is 0 Å². The molecule has 3 amide bonds. The Balaban J connectivity index is 1.54. The number of rotatable bonds is 9. The van der Waals surface area contributed by atoms with Crippen LogP contribution in [0.5, 0.6) is 5.75 Å². The number of aliphatic hydroxyl groups is 1. The summed E-state index contributed by atoms with van der Waals surface area (Å²) in [6.07, 6.45) is -0.569. The van der Waals surface area contributed by atoms with Gasteiger partial charge in [0, 0.05) is 18.5 Å². The number of amides is 3. The van der Waals surface area contributed by atoms with E-state index in [9.17, 15) is 23.9 Å². The first-order valence-electron chi connectivity index (χ1n) is 14.1. The van der Waals surface area contributed by atoms with Crippen LogP contribution in [0.4, 0.5) is 4.39 Å². The number of nitrogens with zero attached hydrogens (tertiary/aromatic N) is 2. The molecule has 1 aliphatic heterocycles. The van der Waals surface area contributed by atoms with Crippen molar-refractivity contribution in [2.45, 2.75) is 103 Å². The molecule has 0 radical (unpaired) electrons. The van der Waals surface area contributed by atoms with Gasteiger partial charge in [0.2, 0.25) is 11.8 Å². The number of β-amino-alcohol motifs (C(OH)–C–C–N with tert-alkyl or cyclic N) is 1. The fraction of sp³-hybridized carbons (Fsp3) is 0.600. The second kappa shape index (κ2) is 11.7. The number of halogens is 1. The van der Waals surface area contributed by atoms with Gasteiger partial charge in [-0.3, -0.25) is 14.4 Å². The number of ether oxygens (including phenoxy) is 1. The van der Waals surface area contributed by atoms with E-state index in [1.807, 2.05) is 52.8 Å². The van der Waals surface area contributed by atoms with E-state index in [0.717, 1.165) is 21.7 Å². The van der Waals surface area contributed by atoms with Gasteiger partial charge in [-0.05, 0) is 65.0 Å². The van der Waals surface area contributed by atoms with Crippen molar-refractivity contribution in [1.29, 1.82) is 0 Å². The Morgan fingerprint density at radius 3 is 2.44 bits per heavy atom. The maximum atomic E-state index is 14.3. The molecule has 9 nitrogen and oxygen atoms in total. The monoisotopic (exact) mass is 588 g/mol. The Kier molecular flexibility index (Phi) is 8.80. The molecule has 224 valence electrons. The number of aryl methyl sites for hydroxylation is 1. The van der Waals surface area contributed by atoms with Crippen molar-refractivity contribution in [3.8, 4) is 16.2 Å². The van der Waals surface area contributed by atoms with Crippen molar-refractivity contribution >= 4 is 29.1 Å². The topological polar surface area (TPSA) is 121 Å². The molecule has 3 N–H and O–H groups in total. The summed E-state index contributed by atoms with van der Waals surface area (Å²) < 4.78 is 20.6. The first-order chi connectivity index (χ1) is 19.1. The molecule has 2 fully saturated rings. The molecule has 1 saturated heterocycles. The predicted molar refractivity (Wildman–Crippen MR) is 155 cm³/mol. The predicted octanol–water partition coefficient (Wildman–Crippen LogP) is 4.08. The third kappa shape index (κ3) is 7.06. The smallest absolute Gasteiger partial charge is 0.258 e. The minimum absolute atomic E-state index is 0.0492. The van der Waals surface area contributed by atoms with Gasteiger partial charge in [-0.15, -0.1) is 11.3 Å². The maximum absolute atomic E-state index is 14.3. The number of hydrogen-bond donors (Lipinski definition) is 3. The van der Waals surface area contributed by atoms with E-state index in [1.54, 1.807) is 30.7 Å². The number of likely N-dealkylation sites (tertiary alicyclic amines) is 1. The second-order valence-corrected chi connectivity index (χ2v) is 13.4. The summed E-state index contributed by atoms with van der Waals surface area (Å²) in [7, 11) is 0. The van der Waals surface area contributed by atoms with E-state index in [2.05, 4.69) is 15.6 Å². The third-order valence-corrected chi connectivity index (χ3v) is 8.42. The highest BCUT2D eigenvalue weighted by Gasteiger charge is 2.52. The van der Waals surface area contributed by atoms with E-state index in [-0.39, 0.29) is 31.7 Å². The normalized spacial score (nSPS) is 21.4. The van der Waals surface area contributed by atoms with E-state index in [4.69, 9.17) is 4.74 Å². The first-order valence-corrected chi connectivity index (χ1v) is 15.0. The number of carbonyl (C=O) groups excluding carboxylic acids is 3. The zero-order valence-corrected chi connectivity index (χ0v) is 25.6. The van der Waals surface area contributed by atoms with Gasteiger partial charge in [-0.2, -0.15) is 0 Å². The number of aliphatic hydroxyl groups excluding tert-OH is 1. The fourth-order valence-electron chi connectivity index (χ4n) is 5.02. The molecule has 41 heavy (non-hydrogen) atoms. The molecule has 2 aromatic rings. The van der Waals surface area contributed by atoms with Crippen LogP contribution >= 0.6 is 11.3 Å². The summed E-state index contributed by atoms with van der Waals surface area (Å²) in [5.41, 5.74) is 2.03. The van der Waals surface area contributed by atoms with Crippen molar-refractivity contribution in [3.05, 3.63) is 35.0 Å². The quantitative estimate of drug-likeness (QED) is 0.406. The third-order valence-electron chi connectivity index (χ3n) is 7.44. The lowest BCUT2D eigenvalue weighted by Crippen LogP contribution is -2.56. The molecule has 1 aliphatic carbocycles. The molecule has 1 saturated carbocycles. The number of nitrogens with one attached hydrogen (secondary N) is 2. The number of benzene rings is 1. The summed E-state index contributed by atoms with van der Waals surface area (Å²) in [4.78, 5) is 46.2. The van der Waals surface area contributed by atoms with Gasteiger partial charge in [0.25, 0.3) is 5.91 Å². The molecule has 4 atom stereocenters. The summed E-state index contributed by atoms with van der Waals surface area (Å²) in [5.74, 6) is -1.46. The second-order valence-electron chi connectivity index (χ2n) is 12.5. The zero-order chi connectivity index (χ0) is 30.3. The number of aromatic nitrogens is 1. The van der Waals surface area contributed by atoms with Crippen molar-refractivity contribution in [3.63, 3.8) is 0 Å². The lowest BCUT2D eigenvalue weighted by Gasteiger charge is -2.31. The van der Waals surface area contributed by atoms with Crippen molar-refractivity contribution in [2.75, 3.05) is 6.54 Å². The molecule has 4 rings (SSSR count). The van der Waals surface area contributed by atoms with Gasteiger partial charge in [0.1, 0.15) is 23.4 Å². The van der Waals surface area contributed by atoms with Gasteiger partial charge in [-0.25, -0.2) is 9.37 Å². The molecule has 2 heterocycles. The van der Waals surface area contributed by atoms with Crippen LogP contribution < -0.4 is 15.4 Å². The summed E-state index contributed by atoms with van der Waals surface area (Å²) in [6, 6.07) is 3.41. The molecular formula is C30H41FN4O5S. The van der Waals surface area contributed by atoms with Crippen LogP contribution in [0.25, 0.3) is 10.4 Å². The number of alkyl halides is 1. The van der Waals surface area contributed by atoms with Gasteiger partial charge < -0.3 is 25.4 Å². The average Bonchev–Trinajstić information content (AvgIpc) is 3.28. The molecule has 0 unspecified atom stereocenters. The summed E-state index contributed by atoms with van der Waals surface area (Å²) in [5, 5.41) is 16.0.